The van der Waals surface area contributed by atoms with Gasteiger partial charge in [0.1, 0.15) is 5.69 Å². The molecule has 0 saturated heterocycles. The van der Waals surface area contributed by atoms with Gasteiger partial charge in [0.2, 0.25) is 0 Å². The Labute approximate surface area is 88.5 Å². The number of aromatic nitrogens is 2. The maximum Gasteiger partial charge on any atom is 0.294 e. The Balaban J connectivity index is 2.67. The van der Waals surface area contributed by atoms with Gasteiger partial charge in [-0.25, -0.2) is 4.68 Å². The van der Waals surface area contributed by atoms with Crippen molar-refractivity contribution < 1.29 is 0 Å². The van der Waals surface area contributed by atoms with Crippen LogP contribution in [0.3, 0.4) is 0 Å². The number of nitrogens with two attached hydrogens (primary N) is 1. The summed E-state index contributed by atoms with van der Waals surface area (Å²) in [6.07, 6.45) is 1.47. The average Bonchev–Trinajstić information content (AvgIpc) is 2.49. The van der Waals surface area contributed by atoms with E-state index in [2.05, 4.69) is 21.0 Å². The molecule has 0 atom stereocenters. The number of nitrogens with zero attached hydrogens (tertiary/aromatic N) is 1. The highest BCUT2D eigenvalue weighted by Crippen LogP contribution is 2.18. The second kappa shape index (κ2) is 3.34. The van der Waals surface area contributed by atoms with Crippen molar-refractivity contribution in [3.8, 4) is 5.69 Å². The minimum absolute atomic E-state index is 0.209. The first-order valence-corrected chi connectivity index (χ1v) is 4.80. The van der Waals surface area contributed by atoms with Crippen LogP contribution >= 0.6 is 15.9 Å². The lowest BCUT2D eigenvalue weighted by Gasteiger charge is -2.02. The number of rotatable bonds is 1. The Morgan fingerprint density at radius 3 is 2.64 bits per heavy atom. The summed E-state index contributed by atoms with van der Waals surface area (Å²) in [6, 6.07) is 7.41. The molecule has 0 aliphatic carbocycles. The molecule has 3 N–H and O–H groups in total. The molecule has 1 heterocycles. The molecule has 0 unspecified atom stereocenters. The standard InChI is InChI=1S/C9H8BrN3O/c10-6-3-1-2-4-8(6)13-9(14)7(11)5-12-13/h1-5,12H,11H2. The van der Waals surface area contributed by atoms with Gasteiger partial charge in [-0.2, -0.15) is 0 Å². The molecular formula is C9H8BrN3O. The number of hydrogen-bond acceptors (Lipinski definition) is 2. The third-order valence-corrected chi connectivity index (χ3v) is 2.56. The van der Waals surface area contributed by atoms with Gasteiger partial charge in [0.15, 0.2) is 0 Å². The highest BCUT2D eigenvalue weighted by Gasteiger charge is 2.06. The summed E-state index contributed by atoms with van der Waals surface area (Å²) in [5, 5.41) is 2.78. The van der Waals surface area contributed by atoms with E-state index < -0.39 is 0 Å². The van der Waals surface area contributed by atoms with Crippen LogP contribution < -0.4 is 11.3 Å². The average molecular weight is 254 g/mol. The van der Waals surface area contributed by atoms with Gasteiger partial charge >= 0.3 is 0 Å². The molecule has 0 aliphatic heterocycles. The maximum atomic E-state index is 11.5. The molecular weight excluding hydrogens is 246 g/mol. The molecule has 0 aliphatic rings. The van der Waals surface area contributed by atoms with Crippen molar-refractivity contribution >= 4 is 21.6 Å². The van der Waals surface area contributed by atoms with Crippen molar-refractivity contribution in [3.05, 3.63) is 45.3 Å². The van der Waals surface area contributed by atoms with Gasteiger partial charge in [-0.05, 0) is 28.1 Å². The molecule has 0 radical (unpaired) electrons. The van der Waals surface area contributed by atoms with Crippen LogP contribution in [0.2, 0.25) is 0 Å². The van der Waals surface area contributed by atoms with Crippen LogP contribution in [0.1, 0.15) is 0 Å². The Hall–Kier alpha value is -1.49. The predicted octanol–water partition coefficient (Wildman–Crippen LogP) is 1.51. The highest BCUT2D eigenvalue weighted by atomic mass is 79.9. The number of halogens is 1. The van der Waals surface area contributed by atoms with Crippen molar-refractivity contribution in [1.82, 2.24) is 9.78 Å². The third kappa shape index (κ3) is 1.35. The van der Waals surface area contributed by atoms with Crippen molar-refractivity contribution in [3.63, 3.8) is 0 Å². The van der Waals surface area contributed by atoms with Crippen LogP contribution in [0, 0.1) is 0 Å². The Kier molecular flexibility index (Phi) is 2.17. The van der Waals surface area contributed by atoms with E-state index in [1.165, 1.54) is 10.9 Å². The Morgan fingerprint density at radius 1 is 1.36 bits per heavy atom. The lowest BCUT2D eigenvalue weighted by atomic mass is 10.3. The van der Waals surface area contributed by atoms with E-state index in [1.807, 2.05) is 24.3 Å². The number of hydrogen-bond donors (Lipinski definition) is 2. The van der Waals surface area contributed by atoms with E-state index in [4.69, 9.17) is 5.73 Å². The lowest BCUT2D eigenvalue weighted by molar-refractivity contribution is 0.846. The largest absolute Gasteiger partial charge is 0.393 e. The van der Waals surface area contributed by atoms with Crippen LogP contribution in [0.15, 0.2) is 39.7 Å². The van der Waals surface area contributed by atoms with Crippen LogP contribution in [0.5, 0.6) is 0 Å². The normalized spacial score (nSPS) is 10.4. The van der Waals surface area contributed by atoms with Crippen LogP contribution in [0.4, 0.5) is 5.69 Å². The number of para-hydroxylation sites is 1. The molecule has 5 heteroatoms. The molecule has 2 rings (SSSR count). The van der Waals surface area contributed by atoms with Crippen molar-refractivity contribution in [2.24, 2.45) is 0 Å². The molecule has 0 bridgehead atoms. The van der Waals surface area contributed by atoms with Crippen LogP contribution in [-0.4, -0.2) is 9.78 Å². The molecule has 72 valence electrons. The first-order chi connectivity index (χ1) is 6.70. The minimum Gasteiger partial charge on any atom is -0.393 e. The van der Waals surface area contributed by atoms with Gasteiger partial charge in [-0.15, -0.1) is 0 Å². The van der Waals surface area contributed by atoms with Crippen molar-refractivity contribution in [1.29, 1.82) is 0 Å². The van der Waals surface area contributed by atoms with Crippen molar-refractivity contribution in [2.45, 2.75) is 0 Å². The monoisotopic (exact) mass is 253 g/mol. The fourth-order valence-electron chi connectivity index (χ4n) is 1.20. The number of aromatic amines is 1. The fourth-order valence-corrected chi connectivity index (χ4v) is 1.66. The summed E-state index contributed by atoms with van der Waals surface area (Å²) in [6.45, 7) is 0. The second-order valence-electron chi connectivity index (χ2n) is 2.82. The first kappa shape index (κ1) is 9.08. The summed E-state index contributed by atoms with van der Waals surface area (Å²) in [5.74, 6) is 0. The van der Waals surface area contributed by atoms with E-state index in [-0.39, 0.29) is 11.2 Å². The SMILES string of the molecule is Nc1c[nH]n(-c2ccccc2Br)c1=O. The Morgan fingerprint density at radius 2 is 2.07 bits per heavy atom. The molecule has 0 saturated carbocycles. The molecule has 0 fully saturated rings. The summed E-state index contributed by atoms with van der Waals surface area (Å²) in [4.78, 5) is 11.5. The summed E-state index contributed by atoms with van der Waals surface area (Å²) in [5.41, 5.74) is 6.16. The van der Waals surface area contributed by atoms with Crippen molar-refractivity contribution in [2.75, 3.05) is 5.73 Å². The number of benzene rings is 1. The number of anilines is 1. The fraction of sp³-hybridized carbons (Fsp3) is 0. The van der Waals surface area contributed by atoms with E-state index in [1.54, 1.807) is 0 Å². The van der Waals surface area contributed by atoms with Crippen LogP contribution in [-0.2, 0) is 0 Å². The second-order valence-corrected chi connectivity index (χ2v) is 3.68. The number of H-pyrrole nitrogens is 1. The molecule has 0 spiro atoms. The van der Waals surface area contributed by atoms with Gasteiger partial charge in [-0.1, -0.05) is 12.1 Å². The lowest BCUT2D eigenvalue weighted by Crippen LogP contribution is -2.16. The zero-order valence-corrected chi connectivity index (χ0v) is 8.78. The van der Waals surface area contributed by atoms with Crippen LogP contribution in [0.25, 0.3) is 5.69 Å². The molecule has 4 nitrogen and oxygen atoms in total. The number of nitrogen functional groups attached to an aromatic ring is 1. The maximum absolute atomic E-state index is 11.5. The zero-order valence-electron chi connectivity index (χ0n) is 7.20. The first-order valence-electron chi connectivity index (χ1n) is 4.01. The smallest absolute Gasteiger partial charge is 0.294 e. The van der Waals surface area contributed by atoms with E-state index in [0.717, 1.165) is 10.2 Å². The predicted molar refractivity (Wildman–Crippen MR) is 58.5 cm³/mol. The van der Waals surface area contributed by atoms with E-state index in [9.17, 15) is 4.79 Å². The zero-order chi connectivity index (χ0) is 10.1. The van der Waals surface area contributed by atoms with E-state index >= 15 is 0 Å². The Bertz CT molecular complexity index is 515. The van der Waals surface area contributed by atoms with Gasteiger partial charge in [0.25, 0.3) is 5.56 Å². The van der Waals surface area contributed by atoms with Gasteiger partial charge in [0, 0.05) is 10.7 Å². The topological polar surface area (TPSA) is 63.8 Å². The summed E-state index contributed by atoms with van der Waals surface area (Å²) < 4.78 is 2.23. The minimum atomic E-state index is -0.239. The van der Waals surface area contributed by atoms with Gasteiger partial charge < -0.3 is 5.73 Å². The van der Waals surface area contributed by atoms with Gasteiger partial charge in [-0.3, -0.25) is 9.89 Å². The molecule has 1 aromatic carbocycles. The molecule has 2 aromatic rings. The molecule has 1 aromatic heterocycles. The van der Waals surface area contributed by atoms with Gasteiger partial charge in [0.05, 0.1) is 5.69 Å². The quantitative estimate of drug-likeness (QED) is 0.810. The van der Waals surface area contributed by atoms with E-state index in [0.29, 0.717) is 0 Å². The summed E-state index contributed by atoms with van der Waals surface area (Å²) in [7, 11) is 0. The molecule has 0 amide bonds. The summed E-state index contributed by atoms with van der Waals surface area (Å²) >= 11 is 3.36. The third-order valence-electron chi connectivity index (χ3n) is 1.89. The highest BCUT2D eigenvalue weighted by molar-refractivity contribution is 9.10. The number of nitrogens with one attached hydrogen (secondary N) is 1. The molecule has 14 heavy (non-hydrogen) atoms.